The van der Waals surface area contributed by atoms with Gasteiger partial charge in [-0.25, -0.2) is 4.98 Å². The van der Waals surface area contributed by atoms with Crippen LogP contribution in [0, 0.1) is 6.92 Å². The number of nitrogens with two attached hydrogens (primary N) is 1. The number of H-pyrrole nitrogens is 1. The maximum atomic E-state index is 5.62. The smallest absolute Gasteiger partial charge is 0.198 e. The lowest BCUT2D eigenvalue weighted by atomic mass is 10.1. The Morgan fingerprint density at radius 2 is 2.25 bits per heavy atom. The van der Waals surface area contributed by atoms with Crippen LogP contribution in [0.3, 0.4) is 0 Å². The number of nitrogen functional groups attached to an aromatic ring is 1. The first-order valence-corrected chi connectivity index (χ1v) is 5.26. The van der Waals surface area contributed by atoms with Gasteiger partial charge in [-0.15, -0.1) is 0 Å². The van der Waals surface area contributed by atoms with Crippen LogP contribution >= 0.6 is 0 Å². The lowest BCUT2D eigenvalue weighted by Crippen LogP contribution is -1.91. The van der Waals surface area contributed by atoms with Gasteiger partial charge in [0.15, 0.2) is 5.95 Å². The molecule has 0 radical (unpaired) electrons. The van der Waals surface area contributed by atoms with Gasteiger partial charge in [-0.3, -0.25) is 0 Å². The number of nitrogens with zero attached hydrogens (tertiary/aromatic N) is 1. The zero-order valence-electron chi connectivity index (χ0n) is 9.45. The average Bonchev–Trinajstić information content (AvgIpc) is 2.59. The average molecular weight is 217 g/mol. The summed E-state index contributed by atoms with van der Waals surface area (Å²) in [5, 5.41) is 0. The Bertz CT molecular complexity index is 491. The van der Waals surface area contributed by atoms with Gasteiger partial charge in [0, 0.05) is 11.3 Å². The number of rotatable bonds is 3. The van der Waals surface area contributed by atoms with E-state index >= 15 is 0 Å². The highest BCUT2D eigenvalue weighted by Crippen LogP contribution is 2.25. The number of hydrogen-bond acceptors (Lipinski definition) is 3. The van der Waals surface area contributed by atoms with Crippen molar-refractivity contribution >= 4 is 5.95 Å². The largest absolute Gasteiger partial charge is 0.494 e. The molecule has 3 N–H and O–H groups in total. The first-order valence-electron chi connectivity index (χ1n) is 5.26. The standard InChI is InChI=1S/C12H15N3O/c1-3-16-10-6-4-5-9(7-10)11-8(2)14-12(13)15-11/h4-7H,3H2,1-2H3,(H3,13,14,15). The summed E-state index contributed by atoms with van der Waals surface area (Å²) in [5.41, 5.74) is 8.46. The number of ether oxygens (including phenoxy) is 1. The minimum atomic E-state index is 0.439. The van der Waals surface area contributed by atoms with Gasteiger partial charge in [-0.05, 0) is 26.0 Å². The monoisotopic (exact) mass is 217 g/mol. The number of hydrogen-bond donors (Lipinski definition) is 2. The van der Waals surface area contributed by atoms with Gasteiger partial charge in [0.2, 0.25) is 0 Å². The summed E-state index contributed by atoms with van der Waals surface area (Å²) < 4.78 is 5.45. The second kappa shape index (κ2) is 4.26. The maximum Gasteiger partial charge on any atom is 0.198 e. The van der Waals surface area contributed by atoms with E-state index in [9.17, 15) is 0 Å². The first-order chi connectivity index (χ1) is 7.70. The molecule has 0 bridgehead atoms. The van der Waals surface area contributed by atoms with E-state index in [-0.39, 0.29) is 0 Å². The van der Waals surface area contributed by atoms with Crippen LogP contribution in [-0.4, -0.2) is 16.6 Å². The zero-order valence-corrected chi connectivity index (χ0v) is 9.45. The van der Waals surface area contributed by atoms with Gasteiger partial charge in [-0.2, -0.15) is 0 Å². The molecule has 0 saturated heterocycles. The van der Waals surface area contributed by atoms with Crippen molar-refractivity contribution in [2.45, 2.75) is 13.8 Å². The molecular weight excluding hydrogens is 202 g/mol. The van der Waals surface area contributed by atoms with Crippen molar-refractivity contribution in [3.05, 3.63) is 30.0 Å². The van der Waals surface area contributed by atoms with E-state index in [0.29, 0.717) is 12.6 Å². The number of aryl methyl sites for hydroxylation is 1. The molecule has 0 amide bonds. The molecule has 4 heteroatoms. The van der Waals surface area contributed by atoms with Gasteiger partial charge >= 0.3 is 0 Å². The van der Waals surface area contributed by atoms with E-state index in [0.717, 1.165) is 22.7 Å². The SMILES string of the molecule is CCOc1cccc(-c2nc(N)[nH]c2C)c1. The summed E-state index contributed by atoms with van der Waals surface area (Å²) in [4.78, 5) is 7.23. The molecule has 4 nitrogen and oxygen atoms in total. The van der Waals surface area contributed by atoms with Gasteiger partial charge in [0.25, 0.3) is 0 Å². The molecule has 0 aliphatic rings. The van der Waals surface area contributed by atoms with E-state index in [1.165, 1.54) is 0 Å². The molecule has 1 heterocycles. The molecule has 16 heavy (non-hydrogen) atoms. The lowest BCUT2D eigenvalue weighted by Gasteiger charge is -2.04. The van der Waals surface area contributed by atoms with Crippen LogP contribution in [-0.2, 0) is 0 Å². The number of aromatic amines is 1. The third-order valence-electron chi connectivity index (χ3n) is 2.32. The van der Waals surface area contributed by atoms with Crippen molar-refractivity contribution in [1.29, 1.82) is 0 Å². The van der Waals surface area contributed by atoms with Crippen molar-refractivity contribution in [2.24, 2.45) is 0 Å². The zero-order chi connectivity index (χ0) is 11.5. The van der Waals surface area contributed by atoms with Gasteiger partial charge in [-0.1, -0.05) is 12.1 Å². The van der Waals surface area contributed by atoms with Gasteiger partial charge < -0.3 is 15.5 Å². The Morgan fingerprint density at radius 3 is 2.88 bits per heavy atom. The van der Waals surface area contributed by atoms with E-state index in [1.54, 1.807) is 0 Å². The van der Waals surface area contributed by atoms with Gasteiger partial charge in [0.1, 0.15) is 5.75 Å². The summed E-state index contributed by atoms with van der Waals surface area (Å²) in [6, 6.07) is 7.83. The molecule has 0 fully saturated rings. The number of aromatic nitrogens is 2. The minimum Gasteiger partial charge on any atom is -0.494 e. The summed E-state index contributed by atoms with van der Waals surface area (Å²) >= 11 is 0. The highest BCUT2D eigenvalue weighted by atomic mass is 16.5. The molecule has 2 rings (SSSR count). The highest BCUT2D eigenvalue weighted by Gasteiger charge is 2.07. The Kier molecular flexibility index (Phi) is 2.81. The molecular formula is C12H15N3O. The van der Waals surface area contributed by atoms with Gasteiger partial charge in [0.05, 0.1) is 12.3 Å². The van der Waals surface area contributed by atoms with Crippen LogP contribution in [0.25, 0.3) is 11.3 Å². The highest BCUT2D eigenvalue weighted by molar-refractivity contribution is 5.65. The molecule has 0 atom stereocenters. The molecule has 2 aromatic rings. The molecule has 0 unspecified atom stereocenters. The maximum absolute atomic E-state index is 5.62. The molecule has 0 aliphatic heterocycles. The van der Waals surface area contributed by atoms with Crippen molar-refractivity contribution in [3.8, 4) is 17.0 Å². The third-order valence-corrected chi connectivity index (χ3v) is 2.32. The van der Waals surface area contributed by atoms with Crippen LogP contribution in [0.2, 0.25) is 0 Å². The Balaban J connectivity index is 2.40. The summed E-state index contributed by atoms with van der Waals surface area (Å²) in [5.74, 6) is 1.29. The fourth-order valence-corrected chi connectivity index (χ4v) is 1.66. The quantitative estimate of drug-likeness (QED) is 0.829. The van der Waals surface area contributed by atoms with E-state index < -0.39 is 0 Å². The summed E-state index contributed by atoms with van der Waals surface area (Å²) in [7, 11) is 0. The summed E-state index contributed by atoms with van der Waals surface area (Å²) in [6.45, 7) is 4.57. The second-order valence-corrected chi connectivity index (χ2v) is 3.56. The Morgan fingerprint density at radius 1 is 1.44 bits per heavy atom. The Labute approximate surface area is 94.5 Å². The number of anilines is 1. The molecule has 1 aromatic carbocycles. The van der Waals surface area contributed by atoms with Crippen molar-refractivity contribution in [2.75, 3.05) is 12.3 Å². The van der Waals surface area contributed by atoms with Crippen LogP contribution in [0.15, 0.2) is 24.3 Å². The second-order valence-electron chi connectivity index (χ2n) is 3.56. The minimum absolute atomic E-state index is 0.439. The Hall–Kier alpha value is -1.97. The first kappa shape index (κ1) is 10.5. The number of nitrogens with one attached hydrogen (secondary N) is 1. The van der Waals surface area contributed by atoms with Crippen molar-refractivity contribution < 1.29 is 4.74 Å². The predicted molar refractivity (Wildman–Crippen MR) is 64.3 cm³/mol. The van der Waals surface area contributed by atoms with Crippen molar-refractivity contribution in [1.82, 2.24) is 9.97 Å². The number of benzene rings is 1. The van der Waals surface area contributed by atoms with E-state index in [4.69, 9.17) is 10.5 Å². The predicted octanol–water partition coefficient (Wildman–Crippen LogP) is 2.37. The summed E-state index contributed by atoms with van der Waals surface area (Å²) in [6.07, 6.45) is 0. The van der Waals surface area contributed by atoms with Crippen LogP contribution < -0.4 is 10.5 Å². The molecule has 0 aliphatic carbocycles. The topological polar surface area (TPSA) is 63.9 Å². The van der Waals surface area contributed by atoms with Crippen molar-refractivity contribution in [3.63, 3.8) is 0 Å². The fraction of sp³-hybridized carbons (Fsp3) is 0.250. The molecule has 0 saturated carbocycles. The third kappa shape index (κ3) is 2.00. The molecule has 84 valence electrons. The molecule has 1 aromatic heterocycles. The van der Waals surface area contributed by atoms with E-state index in [1.807, 2.05) is 38.1 Å². The van der Waals surface area contributed by atoms with Crippen LogP contribution in [0.5, 0.6) is 5.75 Å². The van der Waals surface area contributed by atoms with Crippen LogP contribution in [0.4, 0.5) is 5.95 Å². The van der Waals surface area contributed by atoms with E-state index in [2.05, 4.69) is 9.97 Å². The lowest BCUT2D eigenvalue weighted by molar-refractivity contribution is 0.340. The normalized spacial score (nSPS) is 10.4. The molecule has 0 spiro atoms. The number of imidazole rings is 1. The fourth-order valence-electron chi connectivity index (χ4n) is 1.66. The van der Waals surface area contributed by atoms with Crippen LogP contribution in [0.1, 0.15) is 12.6 Å².